The molecule has 0 radical (unpaired) electrons. The highest BCUT2D eigenvalue weighted by molar-refractivity contribution is 5.85. The second kappa shape index (κ2) is 11.5. The van der Waals surface area contributed by atoms with E-state index in [0.717, 1.165) is 13.0 Å². The first-order chi connectivity index (χ1) is 10.2. The molecule has 1 aromatic rings. The molecule has 0 saturated carbocycles. The van der Waals surface area contributed by atoms with Gasteiger partial charge in [-0.25, -0.2) is 0 Å². The van der Waals surface area contributed by atoms with E-state index in [1.807, 2.05) is 0 Å². The lowest BCUT2D eigenvalue weighted by atomic mass is 10.1. The van der Waals surface area contributed by atoms with Gasteiger partial charge in [0, 0.05) is 38.5 Å². The summed E-state index contributed by atoms with van der Waals surface area (Å²) < 4.78 is 4.92. The molecule has 1 aliphatic heterocycles. The third-order valence-electron chi connectivity index (χ3n) is 3.79. The van der Waals surface area contributed by atoms with E-state index in [9.17, 15) is 4.79 Å². The lowest BCUT2D eigenvalue weighted by Gasteiger charge is -2.25. The number of nitrogens with one attached hydrogen (secondary N) is 2. The van der Waals surface area contributed by atoms with Crippen LogP contribution in [0.2, 0.25) is 0 Å². The number of fused-ring (bicyclic) bond motifs is 1. The number of methoxy groups -OCH3 is 1. The van der Waals surface area contributed by atoms with Gasteiger partial charge in [0.05, 0.1) is 13.2 Å². The number of amides is 1. The highest BCUT2D eigenvalue weighted by Gasteiger charge is 2.24. The lowest BCUT2D eigenvalue weighted by molar-refractivity contribution is -0.120. The molecule has 1 aromatic carbocycles. The van der Waals surface area contributed by atoms with Crippen molar-refractivity contribution in [2.45, 2.75) is 19.4 Å². The van der Waals surface area contributed by atoms with Gasteiger partial charge in [-0.05, 0) is 25.0 Å². The van der Waals surface area contributed by atoms with Gasteiger partial charge in [0.2, 0.25) is 5.91 Å². The van der Waals surface area contributed by atoms with E-state index in [-0.39, 0.29) is 30.7 Å². The number of hydrogen-bond donors (Lipinski definition) is 2. The fourth-order valence-electron chi connectivity index (χ4n) is 2.72. The first kappa shape index (κ1) is 22.0. The van der Waals surface area contributed by atoms with Crippen LogP contribution in [-0.2, 0) is 16.0 Å². The molecule has 0 aromatic heterocycles. The molecular formula is C16H27Cl2N3O2. The van der Waals surface area contributed by atoms with Gasteiger partial charge in [-0.2, -0.15) is 0 Å². The lowest BCUT2D eigenvalue weighted by Crippen LogP contribution is -2.41. The average molecular weight is 364 g/mol. The summed E-state index contributed by atoms with van der Waals surface area (Å²) in [4.78, 5) is 14.0. The topological polar surface area (TPSA) is 53.6 Å². The Morgan fingerprint density at radius 3 is 2.78 bits per heavy atom. The van der Waals surface area contributed by atoms with Crippen molar-refractivity contribution in [3.63, 3.8) is 0 Å². The predicted octanol–water partition coefficient (Wildman–Crippen LogP) is 1.63. The molecule has 0 aliphatic carbocycles. The standard InChI is InChI=1S/C16H25N3O2.2ClH/c1-13-11-14-5-3-4-6-15(14)19(13)9-7-18-16(20)12-17-8-10-21-2;;/h3-6,13,17H,7-12H2,1-2H3,(H,18,20);2*1H. The highest BCUT2D eigenvalue weighted by Crippen LogP contribution is 2.30. The molecule has 7 heteroatoms. The van der Waals surface area contributed by atoms with E-state index < -0.39 is 0 Å². The van der Waals surface area contributed by atoms with E-state index in [1.165, 1.54) is 11.3 Å². The van der Waals surface area contributed by atoms with Gasteiger partial charge < -0.3 is 20.3 Å². The Kier molecular flexibility index (Phi) is 11.0. The minimum absolute atomic E-state index is 0. The van der Waals surface area contributed by atoms with Crippen molar-refractivity contribution in [3.8, 4) is 0 Å². The Balaban J connectivity index is 0.00000242. The molecule has 132 valence electrons. The number of rotatable bonds is 8. The molecule has 2 rings (SSSR count). The predicted molar refractivity (Wildman–Crippen MR) is 99.2 cm³/mol. The van der Waals surface area contributed by atoms with Gasteiger partial charge in [-0.1, -0.05) is 18.2 Å². The van der Waals surface area contributed by atoms with E-state index >= 15 is 0 Å². The van der Waals surface area contributed by atoms with Crippen LogP contribution in [0.1, 0.15) is 12.5 Å². The molecule has 0 saturated heterocycles. The number of benzene rings is 1. The SMILES string of the molecule is COCCNCC(=O)NCCN1c2ccccc2CC1C.Cl.Cl. The van der Waals surface area contributed by atoms with Crippen LogP contribution in [0.4, 0.5) is 5.69 Å². The van der Waals surface area contributed by atoms with Crippen molar-refractivity contribution in [2.24, 2.45) is 0 Å². The van der Waals surface area contributed by atoms with Crippen molar-refractivity contribution in [1.82, 2.24) is 10.6 Å². The Morgan fingerprint density at radius 2 is 2.04 bits per heavy atom. The Hall–Kier alpha value is -1.01. The largest absolute Gasteiger partial charge is 0.383 e. The number of nitrogens with zero attached hydrogens (tertiary/aromatic N) is 1. The van der Waals surface area contributed by atoms with Crippen molar-refractivity contribution >= 4 is 36.4 Å². The van der Waals surface area contributed by atoms with Gasteiger partial charge in [0.1, 0.15) is 0 Å². The average Bonchev–Trinajstić information content (AvgIpc) is 2.80. The molecule has 0 bridgehead atoms. The van der Waals surface area contributed by atoms with Crippen LogP contribution in [0.25, 0.3) is 0 Å². The monoisotopic (exact) mass is 363 g/mol. The van der Waals surface area contributed by atoms with Gasteiger partial charge in [-0.15, -0.1) is 24.8 Å². The van der Waals surface area contributed by atoms with Crippen molar-refractivity contribution in [2.75, 3.05) is 44.8 Å². The van der Waals surface area contributed by atoms with Crippen molar-refractivity contribution in [3.05, 3.63) is 29.8 Å². The molecule has 0 spiro atoms. The Morgan fingerprint density at radius 1 is 1.30 bits per heavy atom. The number of carbonyl (C=O) groups is 1. The fraction of sp³-hybridized carbons (Fsp3) is 0.562. The van der Waals surface area contributed by atoms with E-state index in [0.29, 0.717) is 32.3 Å². The molecule has 1 atom stereocenters. The van der Waals surface area contributed by atoms with Crippen LogP contribution in [0.15, 0.2) is 24.3 Å². The number of halogens is 2. The quantitative estimate of drug-likeness (QED) is 0.689. The Labute approximate surface area is 151 Å². The summed E-state index contributed by atoms with van der Waals surface area (Å²) in [5.41, 5.74) is 2.70. The van der Waals surface area contributed by atoms with Gasteiger partial charge in [0.15, 0.2) is 0 Å². The summed E-state index contributed by atoms with van der Waals surface area (Å²) in [5.74, 6) is 0.0336. The summed E-state index contributed by atoms with van der Waals surface area (Å²) in [5, 5.41) is 5.99. The Bertz CT molecular complexity index is 474. The van der Waals surface area contributed by atoms with Crippen molar-refractivity contribution < 1.29 is 9.53 Å². The highest BCUT2D eigenvalue weighted by atomic mass is 35.5. The summed E-state index contributed by atoms with van der Waals surface area (Å²) >= 11 is 0. The normalized spacial score (nSPS) is 15.4. The summed E-state index contributed by atoms with van der Waals surface area (Å²) in [6.07, 6.45) is 1.09. The number of carbonyl (C=O) groups excluding carboxylic acids is 1. The number of ether oxygens (including phenoxy) is 1. The molecule has 1 unspecified atom stereocenters. The van der Waals surface area contributed by atoms with Crippen LogP contribution in [0, 0.1) is 0 Å². The van der Waals surface area contributed by atoms with Crippen LogP contribution in [-0.4, -0.2) is 51.8 Å². The molecule has 5 nitrogen and oxygen atoms in total. The molecule has 1 amide bonds. The van der Waals surface area contributed by atoms with Crippen LogP contribution in [0.5, 0.6) is 0 Å². The minimum Gasteiger partial charge on any atom is -0.383 e. The maximum Gasteiger partial charge on any atom is 0.234 e. The molecule has 2 N–H and O–H groups in total. The fourth-order valence-corrected chi connectivity index (χ4v) is 2.72. The maximum absolute atomic E-state index is 11.7. The van der Waals surface area contributed by atoms with Gasteiger partial charge in [0.25, 0.3) is 0 Å². The summed E-state index contributed by atoms with van der Waals surface area (Å²) in [7, 11) is 1.65. The number of para-hydroxylation sites is 1. The second-order valence-corrected chi connectivity index (χ2v) is 5.39. The third kappa shape index (κ3) is 6.55. The molecule has 0 fully saturated rings. The zero-order valence-electron chi connectivity index (χ0n) is 13.7. The van der Waals surface area contributed by atoms with E-state index in [1.54, 1.807) is 7.11 Å². The summed E-state index contributed by atoms with van der Waals surface area (Å²) in [6, 6.07) is 9.00. The first-order valence-corrected chi connectivity index (χ1v) is 7.53. The zero-order valence-corrected chi connectivity index (χ0v) is 15.3. The third-order valence-corrected chi connectivity index (χ3v) is 3.79. The first-order valence-electron chi connectivity index (χ1n) is 7.53. The van der Waals surface area contributed by atoms with E-state index in [2.05, 4.69) is 46.7 Å². The smallest absolute Gasteiger partial charge is 0.234 e. The van der Waals surface area contributed by atoms with Crippen LogP contribution >= 0.6 is 24.8 Å². The molecule has 23 heavy (non-hydrogen) atoms. The molecule has 1 heterocycles. The van der Waals surface area contributed by atoms with Crippen LogP contribution < -0.4 is 15.5 Å². The maximum atomic E-state index is 11.7. The second-order valence-electron chi connectivity index (χ2n) is 5.39. The van der Waals surface area contributed by atoms with Gasteiger partial charge in [-0.3, -0.25) is 4.79 Å². The molecule has 1 aliphatic rings. The summed E-state index contributed by atoms with van der Waals surface area (Å²) in [6.45, 7) is 5.41. The number of anilines is 1. The molecular weight excluding hydrogens is 337 g/mol. The van der Waals surface area contributed by atoms with E-state index in [4.69, 9.17) is 4.74 Å². The van der Waals surface area contributed by atoms with Crippen molar-refractivity contribution in [1.29, 1.82) is 0 Å². The van der Waals surface area contributed by atoms with Gasteiger partial charge >= 0.3 is 0 Å². The number of hydrogen-bond acceptors (Lipinski definition) is 4. The van der Waals surface area contributed by atoms with Crippen LogP contribution in [0.3, 0.4) is 0 Å². The minimum atomic E-state index is 0. The zero-order chi connectivity index (χ0) is 15.1.